The highest BCUT2D eigenvalue weighted by atomic mass is 16.6. The lowest BCUT2D eigenvalue weighted by atomic mass is 9.72. The van der Waals surface area contributed by atoms with Crippen molar-refractivity contribution in [2.24, 2.45) is 5.41 Å². The number of hydrogen-bond acceptors (Lipinski definition) is 3. The van der Waals surface area contributed by atoms with Gasteiger partial charge in [0.25, 0.3) is 0 Å². The van der Waals surface area contributed by atoms with E-state index in [0.717, 1.165) is 25.7 Å². The summed E-state index contributed by atoms with van der Waals surface area (Å²) in [5.74, 6) is -0.00212. The van der Waals surface area contributed by atoms with Crippen molar-refractivity contribution < 1.29 is 14.3 Å². The van der Waals surface area contributed by atoms with Gasteiger partial charge in [0.05, 0.1) is 0 Å². The third-order valence-corrected chi connectivity index (χ3v) is 5.88. The third kappa shape index (κ3) is 5.86. The van der Waals surface area contributed by atoms with Crippen molar-refractivity contribution in [3.8, 4) is 0 Å². The second-order valence-corrected chi connectivity index (χ2v) is 9.94. The minimum atomic E-state index is -0.507. The van der Waals surface area contributed by atoms with Crippen molar-refractivity contribution in [2.45, 2.75) is 85.3 Å². The molecule has 2 aliphatic rings. The molecule has 1 fully saturated rings. The molecule has 2 amide bonds. The van der Waals surface area contributed by atoms with E-state index in [2.05, 4.69) is 20.8 Å². The van der Waals surface area contributed by atoms with Gasteiger partial charge in [0, 0.05) is 32.3 Å². The van der Waals surface area contributed by atoms with Crippen LogP contribution in [0.5, 0.6) is 0 Å². The number of hydrogen-bond donors (Lipinski definition) is 0. The SMILES string of the molecule is CC1=C(/C=C/C(=O)N(C)C2CCCN(C(=O)OC(C)(C)C)C2)C(C)(C)CCC1. The quantitative estimate of drug-likeness (QED) is 0.642. The molecule has 1 aliphatic carbocycles. The monoisotopic (exact) mass is 390 g/mol. The first-order valence-electron chi connectivity index (χ1n) is 10.5. The van der Waals surface area contributed by atoms with E-state index >= 15 is 0 Å². The van der Waals surface area contributed by atoms with Gasteiger partial charge in [-0.05, 0) is 70.8 Å². The van der Waals surface area contributed by atoms with E-state index < -0.39 is 5.60 Å². The molecule has 1 heterocycles. The minimum Gasteiger partial charge on any atom is -0.444 e. The average Bonchev–Trinajstić information content (AvgIpc) is 2.58. The summed E-state index contributed by atoms with van der Waals surface area (Å²) in [5.41, 5.74) is 2.29. The number of rotatable bonds is 3. The Morgan fingerprint density at radius 1 is 1.25 bits per heavy atom. The molecule has 0 spiro atoms. The maximum absolute atomic E-state index is 12.8. The number of carbonyl (C=O) groups excluding carboxylic acids is 2. The largest absolute Gasteiger partial charge is 0.444 e. The standard InChI is InChI=1S/C23H38N2O3/c1-17-10-8-14-23(5,6)19(17)12-13-20(26)24(7)18-11-9-15-25(16-18)21(27)28-22(2,3)4/h12-13,18H,8-11,14-16H2,1-7H3/b13-12+. The molecule has 0 bridgehead atoms. The first kappa shape index (κ1) is 22.5. The van der Waals surface area contributed by atoms with Crippen LogP contribution in [0.3, 0.4) is 0 Å². The first-order chi connectivity index (χ1) is 12.9. The molecule has 0 aromatic carbocycles. The Balaban J connectivity index is 2.01. The lowest BCUT2D eigenvalue weighted by Gasteiger charge is -2.38. The molecule has 1 aliphatic heterocycles. The van der Waals surface area contributed by atoms with Crippen molar-refractivity contribution in [3.63, 3.8) is 0 Å². The summed E-state index contributed by atoms with van der Waals surface area (Å²) in [5, 5.41) is 0. The van der Waals surface area contributed by atoms with E-state index in [1.165, 1.54) is 17.6 Å². The Hall–Kier alpha value is -1.78. The summed E-state index contributed by atoms with van der Waals surface area (Å²) < 4.78 is 5.49. The molecule has 5 heteroatoms. The zero-order chi connectivity index (χ0) is 21.1. The number of carbonyl (C=O) groups is 2. The molecule has 28 heavy (non-hydrogen) atoms. The van der Waals surface area contributed by atoms with E-state index in [-0.39, 0.29) is 23.5 Å². The summed E-state index contributed by atoms with van der Waals surface area (Å²) >= 11 is 0. The van der Waals surface area contributed by atoms with Gasteiger partial charge in [-0.1, -0.05) is 25.5 Å². The molecular weight excluding hydrogens is 352 g/mol. The van der Waals surface area contributed by atoms with Crippen LogP contribution in [0.15, 0.2) is 23.3 Å². The summed E-state index contributed by atoms with van der Waals surface area (Å²) in [6.45, 7) is 13.5. The molecule has 158 valence electrons. The number of amides is 2. The van der Waals surface area contributed by atoms with E-state index in [4.69, 9.17) is 4.74 Å². The number of likely N-dealkylation sites (N-methyl/N-ethyl adjacent to an activating group) is 1. The molecule has 1 saturated heterocycles. The number of nitrogens with zero attached hydrogens (tertiary/aromatic N) is 2. The highest BCUT2D eigenvalue weighted by molar-refractivity contribution is 5.88. The third-order valence-electron chi connectivity index (χ3n) is 5.88. The van der Waals surface area contributed by atoms with Crippen LogP contribution in [0.25, 0.3) is 0 Å². The zero-order valence-electron chi connectivity index (χ0n) is 18.8. The highest BCUT2D eigenvalue weighted by Gasteiger charge is 2.31. The predicted molar refractivity (Wildman–Crippen MR) is 113 cm³/mol. The van der Waals surface area contributed by atoms with Crippen LogP contribution in [-0.4, -0.2) is 53.6 Å². The molecule has 2 rings (SSSR count). The van der Waals surface area contributed by atoms with Gasteiger partial charge < -0.3 is 14.5 Å². The topological polar surface area (TPSA) is 49.9 Å². The van der Waals surface area contributed by atoms with Gasteiger partial charge in [-0.25, -0.2) is 4.79 Å². The van der Waals surface area contributed by atoms with Crippen LogP contribution in [-0.2, 0) is 9.53 Å². The smallest absolute Gasteiger partial charge is 0.410 e. The summed E-state index contributed by atoms with van der Waals surface area (Å²) in [4.78, 5) is 28.7. The van der Waals surface area contributed by atoms with Crippen LogP contribution >= 0.6 is 0 Å². The molecule has 0 radical (unpaired) electrons. The molecule has 5 nitrogen and oxygen atoms in total. The fourth-order valence-electron chi connectivity index (χ4n) is 4.23. The van der Waals surface area contributed by atoms with Crippen LogP contribution in [0.2, 0.25) is 0 Å². The van der Waals surface area contributed by atoms with Crippen molar-refractivity contribution in [2.75, 3.05) is 20.1 Å². The van der Waals surface area contributed by atoms with Crippen molar-refractivity contribution in [3.05, 3.63) is 23.3 Å². The first-order valence-corrected chi connectivity index (χ1v) is 10.5. The Morgan fingerprint density at radius 2 is 1.93 bits per heavy atom. The molecular formula is C23H38N2O3. The Morgan fingerprint density at radius 3 is 2.54 bits per heavy atom. The Bertz CT molecular complexity index is 655. The second kappa shape index (κ2) is 8.71. The average molecular weight is 391 g/mol. The minimum absolute atomic E-state index is 0.00212. The van der Waals surface area contributed by atoms with Crippen LogP contribution in [0.1, 0.15) is 73.6 Å². The lowest BCUT2D eigenvalue weighted by molar-refractivity contribution is -0.127. The summed E-state index contributed by atoms with van der Waals surface area (Å²) in [6, 6.07) is 0.0212. The molecule has 1 atom stereocenters. The maximum Gasteiger partial charge on any atom is 0.410 e. The Labute approximate surface area is 170 Å². The number of piperidine rings is 1. The number of likely N-dealkylation sites (tertiary alicyclic amines) is 1. The lowest BCUT2D eigenvalue weighted by Crippen LogP contribution is -2.51. The van der Waals surface area contributed by atoms with Gasteiger partial charge in [0.1, 0.15) is 5.60 Å². The fraction of sp³-hybridized carbons (Fsp3) is 0.739. The Kier molecular flexibility index (Phi) is 7.00. The molecule has 1 unspecified atom stereocenters. The van der Waals surface area contributed by atoms with Crippen LogP contribution in [0, 0.1) is 5.41 Å². The van der Waals surface area contributed by atoms with Crippen LogP contribution < -0.4 is 0 Å². The van der Waals surface area contributed by atoms with Gasteiger partial charge in [0.2, 0.25) is 5.91 Å². The van der Waals surface area contributed by atoms with E-state index in [0.29, 0.717) is 13.1 Å². The molecule has 0 aromatic heterocycles. The number of allylic oxidation sites excluding steroid dienone is 3. The summed E-state index contributed by atoms with van der Waals surface area (Å²) in [7, 11) is 1.84. The van der Waals surface area contributed by atoms with Crippen molar-refractivity contribution >= 4 is 12.0 Å². The molecule has 0 saturated carbocycles. The second-order valence-electron chi connectivity index (χ2n) is 9.94. The molecule has 0 N–H and O–H groups in total. The van der Waals surface area contributed by atoms with Gasteiger partial charge in [-0.2, -0.15) is 0 Å². The van der Waals surface area contributed by atoms with E-state index in [9.17, 15) is 9.59 Å². The summed E-state index contributed by atoms with van der Waals surface area (Å²) in [6.07, 6.45) is 8.69. The van der Waals surface area contributed by atoms with Gasteiger partial charge in [0.15, 0.2) is 0 Å². The van der Waals surface area contributed by atoms with Crippen molar-refractivity contribution in [1.82, 2.24) is 9.80 Å². The van der Waals surface area contributed by atoms with Crippen molar-refractivity contribution in [1.29, 1.82) is 0 Å². The van der Waals surface area contributed by atoms with Crippen LogP contribution in [0.4, 0.5) is 4.79 Å². The highest BCUT2D eigenvalue weighted by Crippen LogP contribution is 2.40. The number of ether oxygens (including phenoxy) is 1. The maximum atomic E-state index is 12.8. The van der Waals surface area contributed by atoms with E-state index in [1.807, 2.05) is 33.9 Å². The van der Waals surface area contributed by atoms with Gasteiger partial charge in [-0.3, -0.25) is 4.79 Å². The fourth-order valence-corrected chi connectivity index (χ4v) is 4.23. The van der Waals surface area contributed by atoms with Gasteiger partial charge >= 0.3 is 6.09 Å². The van der Waals surface area contributed by atoms with E-state index in [1.54, 1.807) is 15.9 Å². The zero-order valence-corrected chi connectivity index (χ0v) is 18.8. The van der Waals surface area contributed by atoms with Gasteiger partial charge in [-0.15, -0.1) is 0 Å². The normalized spacial score (nSPS) is 23.1. The molecule has 0 aromatic rings. The predicted octanol–water partition coefficient (Wildman–Crippen LogP) is 4.93.